The topological polar surface area (TPSA) is 58.6 Å². The molecule has 0 bridgehead atoms. The standard InChI is InChI=1S/C9H18BrNO3/c1-6(4-7(2)12)11-5-8(10)9(13)14-3/h6-8,11-12H,4-5H2,1-3H3. The van der Waals surface area contributed by atoms with Crippen LogP contribution in [-0.2, 0) is 9.53 Å². The molecule has 0 spiro atoms. The zero-order chi connectivity index (χ0) is 11.1. The Labute approximate surface area is 93.1 Å². The van der Waals surface area contributed by atoms with E-state index in [1.165, 1.54) is 7.11 Å². The number of halogens is 1. The molecule has 0 aromatic rings. The fourth-order valence-corrected chi connectivity index (χ4v) is 1.48. The summed E-state index contributed by atoms with van der Waals surface area (Å²) in [5, 5.41) is 12.2. The Balaban J connectivity index is 3.65. The second-order valence-corrected chi connectivity index (χ2v) is 4.49. The van der Waals surface area contributed by atoms with Crippen LogP contribution < -0.4 is 5.32 Å². The fraction of sp³-hybridized carbons (Fsp3) is 0.889. The van der Waals surface area contributed by atoms with Crippen LogP contribution in [0.3, 0.4) is 0 Å². The third-order valence-corrected chi connectivity index (χ3v) is 2.49. The molecule has 0 aliphatic heterocycles. The van der Waals surface area contributed by atoms with E-state index in [1.807, 2.05) is 6.92 Å². The molecule has 84 valence electrons. The fourth-order valence-electron chi connectivity index (χ4n) is 1.11. The molecule has 0 fully saturated rings. The van der Waals surface area contributed by atoms with Crippen LogP contribution in [0.5, 0.6) is 0 Å². The highest BCUT2D eigenvalue weighted by Crippen LogP contribution is 2.02. The molecule has 0 amide bonds. The summed E-state index contributed by atoms with van der Waals surface area (Å²) in [6.07, 6.45) is 0.338. The molecule has 0 rings (SSSR count). The van der Waals surface area contributed by atoms with Gasteiger partial charge in [-0.15, -0.1) is 0 Å². The highest BCUT2D eigenvalue weighted by molar-refractivity contribution is 9.10. The Morgan fingerprint density at radius 1 is 1.57 bits per heavy atom. The summed E-state index contributed by atoms with van der Waals surface area (Å²) in [5.41, 5.74) is 0. The molecule has 0 heterocycles. The SMILES string of the molecule is COC(=O)C(Br)CNC(C)CC(C)O. The van der Waals surface area contributed by atoms with E-state index in [1.54, 1.807) is 6.92 Å². The Bertz CT molecular complexity index is 175. The summed E-state index contributed by atoms with van der Waals surface area (Å²) in [7, 11) is 1.36. The zero-order valence-corrected chi connectivity index (χ0v) is 10.4. The zero-order valence-electron chi connectivity index (χ0n) is 8.79. The monoisotopic (exact) mass is 267 g/mol. The molecule has 0 aliphatic carbocycles. The van der Waals surface area contributed by atoms with Crippen molar-refractivity contribution in [2.75, 3.05) is 13.7 Å². The van der Waals surface area contributed by atoms with Gasteiger partial charge in [0.25, 0.3) is 0 Å². The molecular formula is C9H18BrNO3. The van der Waals surface area contributed by atoms with Gasteiger partial charge in [0.15, 0.2) is 0 Å². The lowest BCUT2D eigenvalue weighted by Crippen LogP contribution is -2.36. The van der Waals surface area contributed by atoms with Gasteiger partial charge in [-0.25, -0.2) is 0 Å². The van der Waals surface area contributed by atoms with Gasteiger partial charge in [-0.2, -0.15) is 0 Å². The third kappa shape index (κ3) is 6.34. The summed E-state index contributed by atoms with van der Waals surface area (Å²) in [5.74, 6) is -0.290. The van der Waals surface area contributed by atoms with E-state index in [-0.39, 0.29) is 22.9 Å². The van der Waals surface area contributed by atoms with Crippen LogP contribution in [0.15, 0.2) is 0 Å². The molecule has 0 saturated heterocycles. The Kier molecular flexibility index (Phi) is 7.13. The Morgan fingerprint density at radius 3 is 2.57 bits per heavy atom. The van der Waals surface area contributed by atoms with Crippen molar-refractivity contribution < 1.29 is 14.6 Å². The molecule has 3 atom stereocenters. The van der Waals surface area contributed by atoms with Crippen molar-refractivity contribution in [2.45, 2.75) is 37.2 Å². The lowest BCUT2D eigenvalue weighted by atomic mass is 10.1. The summed E-state index contributed by atoms with van der Waals surface area (Å²) in [4.78, 5) is 10.7. The first-order valence-electron chi connectivity index (χ1n) is 4.60. The predicted octanol–water partition coefficient (Wildman–Crippen LogP) is 0.672. The molecule has 0 aromatic carbocycles. The van der Waals surface area contributed by atoms with Crippen molar-refractivity contribution in [2.24, 2.45) is 0 Å². The van der Waals surface area contributed by atoms with Gasteiger partial charge >= 0.3 is 5.97 Å². The van der Waals surface area contributed by atoms with Crippen molar-refractivity contribution >= 4 is 21.9 Å². The van der Waals surface area contributed by atoms with E-state index in [9.17, 15) is 4.79 Å². The molecule has 3 unspecified atom stereocenters. The van der Waals surface area contributed by atoms with E-state index in [4.69, 9.17) is 5.11 Å². The van der Waals surface area contributed by atoms with E-state index in [0.717, 1.165) is 0 Å². The van der Waals surface area contributed by atoms with Gasteiger partial charge in [0.1, 0.15) is 4.83 Å². The molecule has 5 heteroatoms. The van der Waals surface area contributed by atoms with Crippen molar-refractivity contribution in [3.05, 3.63) is 0 Å². The number of carbonyl (C=O) groups is 1. The normalized spacial score (nSPS) is 17.2. The van der Waals surface area contributed by atoms with Crippen LogP contribution in [0.1, 0.15) is 20.3 Å². The summed E-state index contributed by atoms with van der Waals surface area (Å²) in [6, 6.07) is 0.180. The number of aliphatic hydroxyl groups is 1. The summed E-state index contributed by atoms with van der Waals surface area (Å²) >= 11 is 3.20. The summed E-state index contributed by atoms with van der Waals surface area (Å²) < 4.78 is 4.55. The molecular weight excluding hydrogens is 250 g/mol. The molecule has 0 radical (unpaired) electrons. The van der Waals surface area contributed by atoms with Crippen LogP contribution in [-0.4, -0.2) is 41.7 Å². The maximum Gasteiger partial charge on any atom is 0.320 e. The lowest BCUT2D eigenvalue weighted by molar-refractivity contribution is -0.139. The average Bonchev–Trinajstić information content (AvgIpc) is 2.11. The number of nitrogens with one attached hydrogen (secondary N) is 1. The van der Waals surface area contributed by atoms with Gasteiger partial charge in [0.2, 0.25) is 0 Å². The first-order chi connectivity index (χ1) is 6.47. The molecule has 0 saturated carbocycles. The Hall–Kier alpha value is -0.130. The second-order valence-electron chi connectivity index (χ2n) is 3.38. The largest absolute Gasteiger partial charge is 0.468 e. The maximum absolute atomic E-state index is 11.0. The number of hydrogen-bond donors (Lipinski definition) is 2. The second kappa shape index (κ2) is 7.20. The number of alkyl halides is 1. The highest BCUT2D eigenvalue weighted by atomic mass is 79.9. The molecule has 14 heavy (non-hydrogen) atoms. The number of ether oxygens (including phenoxy) is 1. The quantitative estimate of drug-likeness (QED) is 0.549. The molecule has 0 aliphatic rings. The Morgan fingerprint density at radius 2 is 2.14 bits per heavy atom. The van der Waals surface area contributed by atoms with Gasteiger partial charge in [0.05, 0.1) is 13.2 Å². The first kappa shape index (κ1) is 13.9. The smallest absolute Gasteiger partial charge is 0.320 e. The van der Waals surface area contributed by atoms with Gasteiger partial charge in [-0.3, -0.25) is 4.79 Å². The number of esters is 1. The van der Waals surface area contributed by atoms with Crippen LogP contribution >= 0.6 is 15.9 Å². The lowest BCUT2D eigenvalue weighted by Gasteiger charge is -2.16. The van der Waals surface area contributed by atoms with Crippen LogP contribution in [0.2, 0.25) is 0 Å². The summed E-state index contributed by atoms with van der Waals surface area (Å²) in [6.45, 7) is 4.20. The van der Waals surface area contributed by atoms with Crippen molar-refractivity contribution in [3.8, 4) is 0 Å². The number of aliphatic hydroxyl groups excluding tert-OH is 1. The van der Waals surface area contributed by atoms with Gasteiger partial charge < -0.3 is 15.2 Å². The number of hydrogen-bond acceptors (Lipinski definition) is 4. The van der Waals surface area contributed by atoms with Crippen LogP contribution in [0.25, 0.3) is 0 Å². The van der Waals surface area contributed by atoms with Gasteiger partial charge in [0, 0.05) is 12.6 Å². The highest BCUT2D eigenvalue weighted by Gasteiger charge is 2.16. The maximum atomic E-state index is 11.0. The predicted molar refractivity (Wildman–Crippen MR) is 58.5 cm³/mol. The van der Waals surface area contributed by atoms with Crippen LogP contribution in [0, 0.1) is 0 Å². The third-order valence-electron chi connectivity index (χ3n) is 1.80. The van der Waals surface area contributed by atoms with Gasteiger partial charge in [-0.1, -0.05) is 15.9 Å². The number of methoxy groups -OCH3 is 1. The van der Waals surface area contributed by atoms with E-state index in [2.05, 4.69) is 26.0 Å². The van der Waals surface area contributed by atoms with E-state index < -0.39 is 0 Å². The van der Waals surface area contributed by atoms with Gasteiger partial charge in [-0.05, 0) is 20.3 Å². The number of carbonyl (C=O) groups excluding carboxylic acids is 1. The average molecular weight is 268 g/mol. The van der Waals surface area contributed by atoms with Crippen molar-refractivity contribution in [1.29, 1.82) is 0 Å². The first-order valence-corrected chi connectivity index (χ1v) is 5.52. The minimum Gasteiger partial charge on any atom is -0.468 e. The van der Waals surface area contributed by atoms with Crippen molar-refractivity contribution in [3.63, 3.8) is 0 Å². The van der Waals surface area contributed by atoms with Crippen molar-refractivity contribution in [1.82, 2.24) is 5.32 Å². The minimum atomic E-state index is -0.330. The van der Waals surface area contributed by atoms with E-state index in [0.29, 0.717) is 13.0 Å². The van der Waals surface area contributed by atoms with E-state index >= 15 is 0 Å². The molecule has 2 N–H and O–H groups in total. The minimum absolute atomic E-state index is 0.180. The number of rotatable bonds is 6. The molecule has 4 nitrogen and oxygen atoms in total. The van der Waals surface area contributed by atoms with Crippen LogP contribution in [0.4, 0.5) is 0 Å². The molecule has 0 aromatic heterocycles.